The second-order valence-electron chi connectivity index (χ2n) is 8.85. The molecule has 3 fully saturated rings. The molecule has 0 aromatic carbocycles. The van der Waals surface area contributed by atoms with Crippen LogP contribution in [0.25, 0.3) is 0 Å². The lowest BCUT2D eigenvalue weighted by Gasteiger charge is -2.59. The van der Waals surface area contributed by atoms with Crippen molar-refractivity contribution in [2.75, 3.05) is 6.61 Å². The average molecular weight is 354 g/mol. The number of ketones is 2. The molecule has 4 aliphatic rings. The van der Waals surface area contributed by atoms with Crippen molar-refractivity contribution >= 4 is 11.6 Å². The third-order valence-electron chi connectivity index (χ3n) is 7.83. The fraction of sp³-hybridized carbons (Fsp3) is 0.810. The van der Waals surface area contributed by atoms with Crippen LogP contribution in [0.5, 0.6) is 0 Å². The lowest BCUT2D eigenvalue weighted by Crippen LogP contribution is -2.57. The summed E-state index contributed by atoms with van der Waals surface area (Å²) in [6.45, 7) is 3.18. The zero-order valence-corrected chi connectivity index (χ0v) is 14.9. The summed E-state index contributed by atoms with van der Waals surface area (Å²) in [5.74, 6) is -1.80. The molecule has 0 radical (unpaired) electrons. The Morgan fingerprint density at radius 1 is 1.36 bits per heavy atom. The second kappa shape index (κ2) is 5.75. The van der Waals surface area contributed by atoms with Crippen molar-refractivity contribution in [3.05, 3.63) is 11.6 Å². The van der Waals surface area contributed by atoms with E-state index < -0.39 is 48.0 Å². The van der Waals surface area contributed by atoms with Crippen LogP contribution in [-0.4, -0.2) is 34.5 Å². The minimum Gasteiger partial charge on any atom is -0.393 e. The van der Waals surface area contributed by atoms with E-state index in [4.69, 9.17) is 5.48 Å². The van der Waals surface area contributed by atoms with Crippen LogP contribution in [0.2, 0.25) is 0 Å². The minimum atomic E-state index is -2.65. The van der Waals surface area contributed by atoms with E-state index in [0.29, 0.717) is 31.3 Å². The molecule has 0 bridgehead atoms. The van der Waals surface area contributed by atoms with Crippen LogP contribution in [0.1, 0.15) is 64.2 Å². The van der Waals surface area contributed by atoms with E-state index in [1.165, 1.54) is 6.08 Å². The van der Waals surface area contributed by atoms with E-state index in [0.717, 1.165) is 6.42 Å². The number of carbonyl (C=O) groups is 2. The van der Waals surface area contributed by atoms with Crippen molar-refractivity contribution in [1.82, 2.24) is 0 Å². The standard InChI is InChI=1S/C21H30O4/c1-20-8-7-13(23)9-12(20)3-4-14-15-5-6-16(18(25)11-22)21(15,2)10-17(24)19(14)20/h9,14-17,19,22,24H,3-8,10-11H2,1-2H3/t14-,15-,16+,17-,19+,20-,21-/m0/s1/i7T2,8T2. The van der Waals surface area contributed by atoms with Crippen LogP contribution in [0.15, 0.2) is 11.6 Å². The zero-order chi connectivity index (χ0) is 21.6. The van der Waals surface area contributed by atoms with E-state index in [1.54, 1.807) is 6.92 Å². The van der Waals surface area contributed by atoms with Gasteiger partial charge in [-0.2, -0.15) is 0 Å². The Morgan fingerprint density at radius 2 is 2.12 bits per heavy atom. The van der Waals surface area contributed by atoms with Gasteiger partial charge >= 0.3 is 0 Å². The molecular formula is C21H30O4. The highest BCUT2D eigenvalue weighted by Crippen LogP contribution is 2.66. The lowest BCUT2D eigenvalue weighted by atomic mass is 9.46. The summed E-state index contributed by atoms with van der Waals surface area (Å²) < 4.78 is 33.8. The normalized spacial score (nSPS) is 55.4. The van der Waals surface area contributed by atoms with Crippen molar-refractivity contribution in [2.24, 2.45) is 34.5 Å². The Kier molecular flexibility index (Phi) is 3.04. The molecule has 0 aromatic rings. The van der Waals surface area contributed by atoms with Gasteiger partial charge in [-0.05, 0) is 73.1 Å². The van der Waals surface area contributed by atoms with Crippen LogP contribution in [-0.2, 0) is 9.59 Å². The maximum absolute atomic E-state index is 12.4. The number of fused-ring (bicyclic) bond motifs is 5. The Morgan fingerprint density at radius 3 is 2.84 bits per heavy atom. The molecule has 3 saturated carbocycles. The number of aliphatic hydroxyl groups is 2. The number of carbonyl (C=O) groups excluding carboxylic acids is 2. The molecule has 0 unspecified atom stereocenters. The molecule has 0 spiro atoms. The third kappa shape index (κ3) is 2.33. The van der Waals surface area contributed by atoms with Crippen molar-refractivity contribution in [3.63, 3.8) is 0 Å². The largest absolute Gasteiger partial charge is 0.393 e. The predicted molar refractivity (Wildman–Crippen MR) is 93.7 cm³/mol. The first-order valence-corrected chi connectivity index (χ1v) is 9.41. The highest BCUT2D eigenvalue weighted by molar-refractivity contribution is 5.91. The number of aliphatic hydroxyl groups excluding tert-OH is 2. The molecule has 25 heavy (non-hydrogen) atoms. The summed E-state index contributed by atoms with van der Waals surface area (Å²) in [4.78, 5) is 24.7. The molecule has 0 saturated heterocycles. The maximum atomic E-state index is 12.4. The molecule has 0 amide bonds. The van der Waals surface area contributed by atoms with Gasteiger partial charge in [-0.3, -0.25) is 9.59 Å². The van der Waals surface area contributed by atoms with Crippen LogP contribution >= 0.6 is 0 Å². The molecule has 4 aliphatic carbocycles. The molecule has 2 N–H and O–H groups in total. The van der Waals surface area contributed by atoms with Gasteiger partial charge in [-0.1, -0.05) is 19.4 Å². The molecule has 0 aromatic heterocycles. The smallest absolute Gasteiger partial charge is 0.161 e. The summed E-state index contributed by atoms with van der Waals surface area (Å²) in [5, 5.41) is 20.7. The first-order valence-electron chi connectivity index (χ1n) is 11.4. The van der Waals surface area contributed by atoms with Gasteiger partial charge in [0.25, 0.3) is 0 Å². The van der Waals surface area contributed by atoms with Crippen LogP contribution in [0.4, 0.5) is 0 Å². The van der Waals surface area contributed by atoms with Crippen LogP contribution < -0.4 is 0 Å². The van der Waals surface area contributed by atoms with E-state index in [-0.39, 0.29) is 23.5 Å². The molecule has 0 heterocycles. The Labute approximate surface area is 155 Å². The fourth-order valence-electron chi connectivity index (χ4n) is 6.77. The van der Waals surface area contributed by atoms with Gasteiger partial charge in [0.15, 0.2) is 11.6 Å². The molecular weight excluding hydrogens is 316 g/mol. The fourth-order valence-corrected chi connectivity index (χ4v) is 6.77. The first-order chi connectivity index (χ1) is 13.3. The van der Waals surface area contributed by atoms with Crippen LogP contribution in [0.3, 0.4) is 0 Å². The molecule has 4 rings (SSSR count). The summed E-state index contributed by atoms with van der Waals surface area (Å²) in [7, 11) is 0. The quantitative estimate of drug-likeness (QED) is 0.799. The van der Waals surface area contributed by atoms with Crippen molar-refractivity contribution in [3.8, 4) is 0 Å². The second-order valence-corrected chi connectivity index (χ2v) is 8.85. The summed E-state index contributed by atoms with van der Waals surface area (Å²) in [6.07, 6.45) is -1.77. The highest BCUT2D eigenvalue weighted by Gasteiger charge is 2.62. The van der Waals surface area contributed by atoms with Gasteiger partial charge in [0.1, 0.15) is 6.61 Å². The van der Waals surface area contributed by atoms with E-state index >= 15 is 0 Å². The van der Waals surface area contributed by atoms with Gasteiger partial charge in [-0.25, -0.2) is 0 Å². The molecule has 4 nitrogen and oxygen atoms in total. The van der Waals surface area contributed by atoms with Crippen molar-refractivity contribution in [2.45, 2.75) is 64.8 Å². The van der Waals surface area contributed by atoms with E-state index in [1.807, 2.05) is 6.92 Å². The molecule has 0 aliphatic heterocycles. The third-order valence-corrected chi connectivity index (χ3v) is 7.83. The summed E-state index contributed by atoms with van der Waals surface area (Å²) in [5.41, 5.74) is -1.13. The first kappa shape index (κ1) is 13.2. The van der Waals surface area contributed by atoms with Gasteiger partial charge in [0, 0.05) is 17.8 Å². The highest BCUT2D eigenvalue weighted by atomic mass is 16.3. The van der Waals surface area contributed by atoms with E-state index in [9.17, 15) is 19.8 Å². The topological polar surface area (TPSA) is 74.6 Å². The number of hydrogen-bond donors (Lipinski definition) is 2. The van der Waals surface area contributed by atoms with Gasteiger partial charge < -0.3 is 10.2 Å². The minimum absolute atomic E-state index is 0.0542. The molecule has 138 valence electrons. The van der Waals surface area contributed by atoms with Gasteiger partial charge in [0.2, 0.25) is 0 Å². The van der Waals surface area contributed by atoms with Gasteiger partial charge in [0.05, 0.1) is 6.10 Å². The number of hydrogen-bond acceptors (Lipinski definition) is 4. The van der Waals surface area contributed by atoms with Crippen LogP contribution in [0, 0.1) is 34.5 Å². The number of allylic oxidation sites excluding steroid dienone is 1. The van der Waals surface area contributed by atoms with Crippen molar-refractivity contribution in [1.29, 1.82) is 0 Å². The zero-order valence-electron chi connectivity index (χ0n) is 18.9. The molecule has 4 heteroatoms. The molecule has 7 atom stereocenters. The lowest BCUT2D eigenvalue weighted by molar-refractivity contribution is -0.146. The monoisotopic (exact) mass is 354 g/mol. The van der Waals surface area contributed by atoms with E-state index in [2.05, 4.69) is 0 Å². The number of Topliss-reactive ketones (excluding diaryl/α,β-unsaturated/α-hetero) is 1. The average Bonchev–Trinajstić information content (AvgIpc) is 2.98. The maximum Gasteiger partial charge on any atom is 0.161 e. The number of rotatable bonds is 2. The summed E-state index contributed by atoms with van der Waals surface area (Å²) >= 11 is 0. The van der Waals surface area contributed by atoms with Crippen molar-refractivity contribution < 1.29 is 25.3 Å². The Hall–Kier alpha value is -1.00. The predicted octanol–water partition coefficient (Wildman–Crippen LogP) is 2.67. The SMILES string of the molecule is [3H]C1([3H])C(=O)C=C2CC[C@@H]3[C@H]([C@@H](O)C[C@]4(C)[C@@H](C(=O)CO)CC[C@@H]34)[C@@]2(C)C1([3H])[3H]. The Balaban J connectivity index is 1.80. The summed E-state index contributed by atoms with van der Waals surface area (Å²) in [6, 6.07) is 0. The van der Waals surface area contributed by atoms with Gasteiger partial charge in [-0.15, -0.1) is 0 Å². The Bertz CT molecular complexity index is 794.